The first-order chi connectivity index (χ1) is 17.7. The van der Waals surface area contributed by atoms with Gasteiger partial charge in [0.1, 0.15) is 18.2 Å². The van der Waals surface area contributed by atoms with Crippen LogP contribution in [0.25, 0.3) is 16.5 Å². The Balaban J connectivity index is 1.25. The maximum absolute atomic E-state index is 14.3. The molecule has 0 spiro atoms. The van der Waals surface area contributed by atoms with E-state index in [1.165, 1.54) is 6.07 Å². The number of nitrogens with one attached hydrogen (secondary N) is 1. The molecular weight excluding hydrogens is 497 g/mol. The fraction of sp³-hybridized carbons (Fsp3) is 0.148. The summed E-state index contributed by atoms with van der Waals surface area (Å²) in [6.45, 7) is 1.37. The minimum Gasteiger partial charge on any atom is -0.488 e. The maximum Gasteiger partial charge on any atom is 0.214 e. The summed E-state index contributed by atoms with van der Waals surface area (Å²) in [4.78, 5) is 0. The number of ether oxygens (including phenoxy) is 1. The number of tetrazole rings is 1. The van der Waals surface area contributed by atoms with Crippen LogP contribution < -0.4 is 10.1 Å². The van der Waals surface area contributed by atoms with Gasteiger partial charge in [0.2, 0.25) is 5.16 Å². The number of fused-ring (bicyclic) bond motifs is 1. The molecule has 36 heavy (non-hydrogen) atoms. The Morgan fingerprint density at radius 2 is 1.75 bits per heavy atom. The first-order valence-corrected chi connectivity index (χ1v) is 12.8. The molecule has 4 aromatic carbocycles. The number of rotatable bonds is 10. The van der Waals surface area contributed by atoms with Crippen LogP contribution in [0.4, 0.5) is 4.39 Å². The molecule has 0 aliphatic carbocycles. The van der Waals surface area contributed by atoms with E-state index in [1.54, 1.807) is 28.6 Å². The van der Waals surface area contributed by atoms with Gasteiger partial charge in [0.15, 0.2) is 0 Å². The number of halogens is 2. The Hall–Kier alpha value is -3.46. The molecule has 5 aromatic rings. The third kappa shape index (κ3) is 5.51. The number of nitrogens with zero attached hydrogens (tertiary/aromatic N) is 4. The largest absolute Gasteiger partial charge is 0.488 e. The highest BCUT2D eigenvalue weighted by molar-refractivity contribution is 7.99. The average Bonchev–Trinajstić information content (AvgIpc) is 3.38. The highest BCUT2D eigenvalue weighted by Gasteiger charge is 2.13. The molecule has 0 unspecified atom stereocenters. The molecule has 0 bridgehead atoms. The van der Waals surface area contributed by atoms with E-state index in [2.05, 4.69) is 33.0 Å². The van der Waals surface area contributed by atoms with Crippen molar-refractivity contribution in [3.05, 3.63) is 107 Å². The van der Waals surface area contributed by atoms with E-state index in [4.69, 9.17) is 16.3 Å². The lowest BCUT2D eigenvalue weighted by Crippen LogP contribution is -2.18. The summed E-state index contributed by atoms with van der Waals surface area (Å²) in [5, 5.41) is 18.8. The van der Waals surface area contributed by atoms with Gasteiger partial charge in [0.25, 0.3) is 0 Å². The van der Waals surface area contributed by atoms with Gasteiger partial charge >= 0.3 is 0 Å². The topological polar surface area (TPSA) is 64.9 Å². The highest BCUT2D eigenvalue weighted by atomic mass is 35.5. The number of benzene rings is 4. The van der Waals surface area contributed by atoms with E-state index in [0.717, 1.165) is 39.5 Å². The molecule has 6 nitrogen and oxygen atoms in total. The molecule has 5 rings (SSSR count). The lowest BCUT2D eigenvalue weighted by atomic mass is 10.0. The molecule has 0 radical (unpaired) electrons. The molecule has 182 valence electrons. The van der Waals surface area contributed by atoms with Crippen LogP contribution in [-0.2, 0) is 13.2 Å². The zero-order valence-corrected chi connectivity index (χ0v) is 20.8. The maximum atomic E-state index is 14.3. The Morgan fingerprint density at radius 3 is 2.61 bits per heavy atom. The van der Waals surface area contributed by atoms with Crippen LogP contribution in [0.1, 0.15) is 11.1 Å². The van der Waals surface area contributed by atoms with Crippen LogP contribution in [0, 0.1) is 5.82 Å². The van der Waals surface area contributed by atoms with Gasteiger partial charge in [-0.1, -0.05) is 78.0 Å². The summed E-state index contributed by atoms with van der Waals surface area (Å²) in [6.07, 6.45) is 0. The standard InChI is InChI=1S/C27H23ClFN5OS/c28-24-11-6-12-25(29)23(24)18-35-26-14-13-19-7-4-5-10-21(19)22(26)17-30-15-16-36-27-31-32-33-34(27)20-8-2-1-3-9-20/h1-14,30H,15-18H2. The van der Waals surface area contributed by atoms with Gasteiger partial charge in [-0.15, -0.1) is 5.10 Å². The van der Waals surface area contributed by atoms with Crippen molar-refractivity contribution in [2.75, 3.05) is 12.3 Å². The zero-order valence-electron chi connectivity index (χ0n) is 19.3. The van der Waals surface area contributed by atoms with E-state index in [-0.39, 0.29) is 12.4 Å². The number of thioether (sulfide) groups is 1. The third-order valence-corrected chi connectivity index (χ3v) is 6.96. The van der Waals surface area contributed by atoms with E-state index < -0.39 is 0 Å². The van der Waals surface area contributed by atoms with Crippen LogP contribution in [0.3, 0.4) is 0 Å². The second-order valence-corrected chi connectivity index (χ2v) is 9.46. The second kappa shape index (κ2) is 11.5. The fourth-order valence-electron chi connectivity index (χ4n) is 3.88. The molecule has 9 heteroatoms. The van der Waals surface area contributed by atoms with Crippen molar-refractivity contribution in [3.8, 4) is 11.4 Å². The number of para-hydroxylation sites is 1. The molecule has 0 amide bonds. The van der Waals surface area contributed by atoms with E-state index in [1.807, 2.05) is 54.6 Å². The Morgan fingerprint density at radius 1 is 0.917 bits per heavy atom. The summed E-state index contributed by atoms with van der Waals surface area (Å²) in [5.41, 5.74) is 2.28. The van der Waals surface area contributed by atoms with Crippen LogP contribution in [-0.4, -0.2) is 32.5 Å². The van der Waals surface area contributed by atoms with Crippen molar-refractivity contribution in [2.24, 2.45) is 0 Å². The minimum atomic E-state index is -0.377. The molecule has 0 saturated carbocycles. The van der Waals surface area contributed by atoms with E-state index in [9.17, 15) is 4.39 Å². The first kappa shape index (κ1) is 24.2. The van der Waals surface area contributed by atoms with Crippen molar-refractivity contribution in [3.63, 3.8) is 0 Å². The van der Waals surface area contributed by atoms with Crippen molar-refractivity contribution in [1.82, 2.24) is 25.5 Å². The second-order valence-electron chi connectivity index (χ2n) is 7.99. The lowest BCUT2D eigenvalue weighted by molar-refractivity contribution is 0.297. The molecule has 0 aliphatic rings. The molecule has 1 heterocycles. The molecule has 0 atom stereocenters. The number of aromatic nitrogens is 4. The quantitative estimate of drug-likeness (QED) is 0.178. The number of hydrogen-bond donors (Lipinski definition) is 1. The van der Waals surface area contributed by atoms with Gasteiger partial charge in [-0.25, -0.2) is 4.39 Å². The Bertz CT molecular complexity index is 1440. The first-order valence-electron chi connectivity index (χ1n) is 11.4. The van der Waals surface area contributed by atoms with Crippen molar-refractivity contribution >= 4 is 34.1 Å². The van der Waals surface area contributed by atoms with Crippen molar-refractivity contribution in [1.29, 1.82) is 0 Å². The molecule has 0 fully saturated rings. The SMILES string of the molecule is Fc1cccc(Cl)c1COc1ccc2ccccc2c1CNCCSc1nnnn1-c1ccccc1. The summed E-state index contributed by atoms with van der Waals surface area (Å²) in [7, 11) is 0. The van der Waals surface area contributed by atoms with Gasteiger partial charge < -0.3 is 10.1 Å². The summed E-state index contributed by atoms with van der Waals surface area (Å²) < 4.78 is 22.1. The van der Waals surface area contributed by atoms with Gasteiger partial charge in [-0.2, -0.15) is 4.68 Å². The monoisotopic (exact) mass is 519 g/mol. The number of hydrogen-bond acceptors (Lipinski definition) is 6. The highest BCUT2D eigenvalue weighted by Crippen LogP contribution is 2.30. The fourth-order valence-corrected chi connectivity index (χ4v) is 4.89. The molecule has 1 N–H and O–H groups in total. The smallest absolute Gasteiger partial charge is 0.214 e. The molecule has 0 aliphatic heterocycles. The van der Waals surface area contributed by atoms with Crippen LogP contribution in [0.5, 0.6) is 5.75 Å². The van der Waals surface area contributed by atoms with Crippen LogP contribution in [0.15, 0.2) is 90.1 Å². The predicted molar refractivity (Wildman–Crippen MR) is 141 cm³/mol. The van der Waals surface area contributed by atoms with Gasteiger partial charge in [-0.05, 0) is 51.5 Å². The Kier molecular flexibility index (Phi) is 7.76. The molecule has 1 aromatic heterocycles. The predicted octanol–water partition coefficient (Wildman–Crippen LogP) is 6.07. The van der Waals surface area contributed by atoms with Gasteiger partial charge in [0, 0.05) is 30.0 Å². The zero-order chi connectivity index (χ0) is 24.7. The Labute approximate surface area is 217 Å². The third-order valence-electron chi connectivity index (χ3n) is 5.68. The van der Waals surface area contributed by atoms with Crippen LogP contribution >= 0.6 is 23.4 Å². The minimum absolute atomic E-state index is 0.0504. The lowest BCUT2D eigenvalue weighted by Gasteiger charge is -2.16. The summed E-state index contributed by atoms with van der Waals surface area (Å²) >= 11 is 7.77. The molecular formula is C27H23ClFN5OS. The van der Waals surface area contributed by atoms with Crippen molar-refractivity contribution in [2.45, 2.75) is 18.3 Å². The van der Waals surface area contributed by atoms with Gasteiger partial charge in [-0.3, -0.25) is 0 Å². The summed E-state index contributed by atoms with van der Waals surface area (Å²) in [5.74, 6) is 1.10. The van der Waals surface area contributed by atoms with Crippen molar-refractivity contribution < 1.29 is 9.13 Å². The van der Waals surface area contributed by atoms with E-state index >= 15 is 0 Å². The molecule has 0 saturated heterocycles. The van der Waals surface area contributed by atoms with Crippen LogP contribution in [0.2, 0.25) is 5.02 Å². The normalized spacial score (nSPS) is 11.2. The van der Waals surface area contributed by atoms with Gasteiger partial charge in [0.05, 0.1) is 10.7 Å². The average molecular weight is 520 g/mol. The van der Waals surface area contributed by atoms with E-state index in [0.29, 0.717) is 22.9 Å². The summed E-state index contributed by atoms with van der Waals surface area (Å²) in [6, 6.07) is 26.5.